The minimum atomic E-state index is -0.295. The first-order valence-electron chi connectivity index (χ1n) is 11.6. The molecule has 176 valence electrons. The molecule has 1 aliphatic heterocycles. The summed E-state index contributed by atoms with van der Waals surface area (Å²) < 4.78 is 2.15. The zero-order valence-electron chi connectivity index (χ0n) is 19.2. The van der Waals surface area contributed by atoms with Crippen LogP contribution in [0.2, 0.25) is 5.02 Å². The number of hydrogen-bond acceptors (Lipinski definition) is 3. The van der Waals surface area contributed by atoms with Crippen LogP contribution in [0.1, 0.15) is 32.0 Å². The molecular weight excluding hydrogens is 472 g/mol. The molecule has 0 saturated carbocycles. The van der Waals surface area contributed by atoms with Crippen molar-refractivity contribution in [3.8, 4) is 0 Å². The van der Waals surface area contributed by atoms with Gasteiger partial charge in [-0.05, 0) is 54.1 Å². The lowest BCUT2D eigenvalue weighted by molar-refractivity contribution is 0.0984. The summed E-state index contributed by atoms with van der Waals surface area (Å²) in [4.78, 5) is 32.8. The highest BCUT2D eigenvalue weighted by molar-refractivity contribution is 6.35. The minimum absolute atomic E-state index is 0.196. The maximum absolute atomic E-state index is 13.7. The van der Waals surface area contributed by atoms with Crippen LogP contribution in [-0.4, -0.2) is 21.4 Å². The van der Waals surface area contributed by atoms with Crippen LogP contribution in [0, 0.1) is 0 Å². The summed E-state index contributed by atoms with van der Waals surface area (Å²) in [7, 11) is 0. The second-order valence-electron chi connectivity index (χ2n) is 8.68. The van der Waals surface area contributed by atoms with Crippen LogP contribution in [0.4, 0.5) is 11.4 Å². The van der Waals surface area contributed by atoms with E-state index in [2.05, 4.69) is 14.9 Å². The number of pyridine rings is 1. The molecule has 3 aromatic carbocycles. The first kappa shape index (κ1) is 22.1. The third-order valence-electron chi connectivity index (χ3n) is 6.45. The van der Waals surface area contributed by atoms with E-state index in [1.165, 1.54) is 0 Å². The SMILES string of the molecule is O=C(Nc1ccc(C(=O)N2Cc3cccn3Cc3ccccc32)c(Cl)c1)c1cccc2cccnc12. The number of halogens is 1. The zero-order valence-corrected chi connectivity index (χ0v) is 19.9. The van der Waals surface area contributed by atoms with Crippen molar-refractivity contribution >= 4 is 45.7 Å². The minimum Gasteiger partial charge on any atom is -0.345 e. The summed E-state index contributed by atoms with van der Waals surface area (Å²) >= 11 is 6.60. The Labute approximate surface area is 212 Å². The molecular formula is C29H21ClN4O2. The van der Waals surface area contributed by atoms with Gasteiger partial charge in [0.25, 0.3) is 11.8 Å². The first-order chi connectivity index (χ1) is 17.6. The number of rotatable bonds is 3. The van der Waals surface area contributed by atoms with Crippen molar-refractivity contribution in [2.75, 3.05) is 10.2 Å². The normalized spacial score (nSPS) is 12.5. The Balaban J connectivity index is 1.29. The number of amides is 2. The summed E-state index contributed by atoms with van der Waals surface area (Å²) in [5.74, 6) is -0.491. The Morgan fingerprint density at radius 3 is 2.61 bits per heavy atom. The molecule has 1 aliphatic rings. The van der Waals surface area contributed by atoms with Crippen LogP contribution in [0.5, 0.6) is 0 Å². The molecule has 0 aliphatic carbocycles. The van der Waals surface area contributed by atoms with Crippen molar-refractivity contribution in [3.05, 3.63) is 125 Å². The molecule has 6 rings (SSSR count). The number of nitrogens with zero attached hydrogens (tertiary/aromatic N) is 3. The lowest BCUT2D eigenvalue weighted by Gasteiger charge is -2.23. The highest BCUT2D eigenvalue weighted by atomic mass is 35.5. The predicted molar refractivity (Wildman–Crippen MR) is 142 cm³/mol. The van der Waals surface area contributed by atoms with E-state index in [9.17, 15) is 9.59 Å². The van der Waals surface area contributed by atoms with Crippen LogP contribution in [0.3, 0.4) is 0 Å². The van der Waals surface area contributed by atoms with E-state index in [0.29, 0.717) is 35.4 Å². The number of carbonyl (C=O) groups is 2. The molecule has 0 saturated heterocycles. The van der Waals surface area contributed by atoms with E-state index in [0.717, 1.165) is 22.3 Å². The zero-order chi connectivity index (χ0) is 24.6. The summed E-state index contributed by atoms with van der Waals surface area (Å²) in [5.41, 5.74) is 4.93. The highest BCUT2D eigenvalue weighted by Crippen LogP contribution is 2.31. The molecule has 0 unspecified atom stereocenters. The fraction of sp³-hybridized carbons (Fsp3) is 0.0690. The van der Waals surface area contributed by atoms with Gasteiger partial charge in [-0.2, -0.15) is 0 Å². The number of anilines is 2. The van der Waals surface area contributed by atoms with Crippen LogP contribution >= 0.6 is 11.6 Å². The van der Waals surface area contributed by atoms with Crippen molar-refractivity contribution in [2.24, 2.45) is 0 Å². The topological polar surface area (TPSA) is 67.2 Å². The summed E-state index contributed by atoms with van der Waals surface area (Å²) in [6, 6.07) is 26.1. The van der Waals surface area contributed by atoms with E-state index in [1.807, 2.05) is 66.9 Å². The van der Waals surface area contributed by atoms with Gasteiger partial charge >= 0.3 is 0 Å². The molecule has 7 heteroatoms. The molecule has 3 heterocycles. The lowest BCUT2D eigenvalue weighted by atomic mass is 10.1. The number of fused-ring (bicyclic) bond motifs is 3. The van der Waals surface area contributed by atoms with Gasteiger partial charge in [-0.3, -0.25) is 14.6 Å². The molecule has 0 spiro atoms. The molecule has 6 nitrogen and oxygen atoms in total. The van der Waals surface area contributed by atoms with E-state index >= 15 is 0 Å². The van der Waals surface area contributed by atoms with Gasteiger partial charge in [-0.1, -0.05) is 48.0 Å². The van der Waals surface area contributed by atoms with Crippen molar-refractivity contribution in [2.45, 2.75) is 13.1 Å². The second kappa shape index (κ2) is 8.98. The largest absolute Gasteiger partial charge is 0.345 e. The highest BCUT2D eigenvalue weighted by Gasteiger charge is 2.26. The number of para-hydroxylation sites is 2. The van der Waals surface area contributed by atoms with Crippen LogP contribution < -0.4 is 10.2 Å². The maximum atomic E-state index is 13.7. The van der Waals surface area contributed by atoms with Crippen LogP contribution in [-0.2, 0) is 13.1 Å². The number of benzene rings is 3. The molecule has 36 heavy (non-hydrogen) atoms. The summed E-state index contributed by atoms with van der Waals surface area (Å²) in [6.07, 6.45) is 3.68. The van der Waals surface area contributed by atoms with Gasteiger partial charge in [0.15, 0.2) is 0 Å². The Hall–Kier alpha value is -4.42. The van der Waals surface area contributed by atoms with E-state index < -0.39 is 0 Å². The Morgan fingerprint density at radius 1 is 0.861 bits per heavy atom. The Morgan fingerprint density at radius 2 is 1.72 bits per heavy atom. The molecule has 2 aromatic heterocycles. The number of aromatic nitrogens is 2. The second-order valence-corrected chi connectivity index (χ2v) is 9.08. The average molecular weight is 493 g/mol. The van der Waals surface area contributed by atoms with Crippen LogP contribution in [0.25, 0.3) is 10.9 Å². The van der Waals surface area contributed by atoms with E-state index in [-0.39, 0.29) is 16.8 Å². The fourth-order valence-corrected chi connectivity index (χ4v) is 4.93. The molecule has 0 fully saturated rings. The third kappa shape index (κ3) is 3.91. The molecule has 1 N–H and O–H groups in total. The van der Waals surface area contributed by atoms with Crippen LogP contribution in [0.15, 0.2) is 97.3 Å². The lowest BCUT2D eigenvalue weighted by Crippen LogP contribution is -2.30. The molecule has 0 radical (unpaired) electrons. The van der Waals surface area contributed by atoms with Gasteiger partial charge in [-0.25, -0.2) is 0 Å². The summed E-state index contributed by atoms with van der Waals surface area (Å²) in [5, 5.41) is 4.03. The smallest absolute Gasteiger partial charge is 0.260 e. The Kier molecular flexibility index (Phi) is 5.51. The molecule has 0 bridgehead atoms. The molecule has 0 atom stereocenters. The monoisotopic (exact) mass is 492 g/mol. The first-order valence-corrected chi connectivity index (χ1v) is 11.9. The molecule has 2 amide bonds. The van der Waals surface area contributed by atoms with Gasteiger partial charge in [-0.15, -0.1) is 0 Å². The van der Waals surface area contributed by atoms with Gasteiger partial charge in [0.2, 0.25) is 0 Å². The van der Waals surface area contributed by atoms with Crippen molar-refractivity contribution < 1.29 is 9.59 Å². The Bertz CT molecular complexity index is 1640. The van der Waals surface area contributed by atoms with Gasteiger partial charge in [0.1, 0.15) is 0 Å². The van der Waals surface area contributed by atoms with Crippen molar-refractivity contribution in [1.82, 2.24) is 9.55 Å². The van der Waals surface area contributed by atoms with E-state index in [1.54, 1.807) is 35.4 Å². The number of nitrogens with one attached hydrogen (secondary N) is 1. The van der Waals surface area contributed by atoms with Gasteiger partial charge in [0, 0.05) is 41.4 Å². The summed E-state index contributed by atoms with van der Waals surface area (Å²) in [6.45, 7) is 1.13. The predicted octanol–water partition coefficient (Wildman–Crippen LogP) is 6.15. The third-order valence-corrected chi connectivity index (χ3v) is 6.76. The van der Waals surface area contributed by atoms with E-state index in [4.69, 9.17) is 11.6 Å². The molecule has 5 aromatic rings. The quantitative estimate of drug-likeness (QED) is 0.328. The number of hydrogen-bond donors (Lipinski definition) is 1. The van der Waals surface area contributed by atoms with Gasteiger partial charge in [0.05, 0.1) is 28.2 Å². The van der Waals surface area contributed by atoms with Crippen molar-refractivity contribution in [1.29, 1.82) is 0 Å². The standard InChI is InChI=1S/C29H21ClN4O2/c30-25-16-21(32-28(35)24-10-3-7-19-8-4-14-31-27(19)24)12-13-23(25)29(36)34-18-22-9-5-15-33(22)17-20-6-1-2-11-26(20)34/h1-16H,17-18H2,(H,32,35). The number of carbonyl (C=O) groups excluding carboxylic acids is 2. The average Bonchev–Trinajstić information content (AvgIpc) is 3.27. The van der Waals surface area contributed by atoms with Crippen molar-refractivity contribution in [3.63, 3.8) is 0 Å². The van der Waals surface area contributed by atoms with Gasteiger partial charge < -0.3 is 14.8 Å². The maximum Gasteiger partial charge on any atom is 0.260 e. The fourth-order valence-electron chi connectivity index (χ4n) is 4.66.